The third kappa shape index (κ3) is 7.65. The van der Waals surface area contributed by atoms with Crippen LogP contribution in [0.4, 0.5) is 10.5 Å². The van der Waals surface area contributed by atoms with E-state index >= 15 is 0 Å². The van der Waals surface area contributed by atoms with Gasteiger partial charge in [-0.1, -0.05) is 43.9 Å². The summed E-state index contributed by atoms with van der Waals surface area (Å²) in [6.07, 6.45) is 7.33. The van der Waals surface area contributed by atoms with E-state index in [4.69, 9.17) is 4.74 Å². The molecule has 252 valence electrons. The summed E-state index contributed by atoms with van der Waals surface area (Å²) in [7, 11) is -4.33. The number of carbonyl (C=O) groups is 4. The number of sulfonamides is 1. The van der Waals surface area contributed by atoms with E-state index in [0.717, 1.165) is 51.4 Å². The van der Waals surface area contributed by atoms with Crippen molar-refractivity contribution in [3.8, 4) is 0 Å². The molecule has 2 heterocycles. The largest absolute Gasteiger partial charge is 0.446 e. The number of benzene rings is 1. The quantitative estimate of drug-likeness (QED) is 0.304. The Bertz CT molecular complexity index is 1430. The third-order valence-corrected chi connectivity index (χ3v) is 10.9. The number of fused-ring (bicyclic) bond motifs is 2. The maximum atomic E-state index is 13.9. The molecule has 1 saturated heterocycles. The van der Waals surface area contributed by atoms with Crippen LogP contribution in [-0.2, 0) is 29.1 Å². The number of anilines is 1. The lowest BCUT2D eigenvalue weighted by Gasteiger charge is -2.30. The molecule has 0 bridgehead atoms. The highest BCUT2D eigenvalue weighted by Crippen LogP contribution is 2.45. The van der Waals surface area contributed by atoms with E-state index < -0.39 is 63.5 Å². The number of aliphatic hydroxyl groups is 1. The second kappa shape index (κ2) is 14.4. The Morgan fingerprint density at radius 1 is 1.04 bits per heavy atom. The standard InChI is InChI=1S/C32H45N5O8S/c1-2-21-19-32(21)30(41)36-46(43,44)27-16-10-9-14-24(27)33-17-11-5-3-4-6-15-25(34-31(42)45-23-12-7-8-13-23)29(40)37-20-22(38)18-26(37)28(39)35-32/h2,9-10,14,16,21-23,25-26,33,38H,1,3-8,11-13,15,17-20H2,(H,34,42)(H,35,39)(H,36,41)/t21-,22-,25+,26+,32-/m1/s1. The van der Waals surface area contributed by atoms with E-state index in [2.05, 4.69) is 27.3 Å². The second-order valence-corrected chi connectivity index (χ2v) is 14.5. The zero-order chi connectivity index (χ0) is 32.9. The Morgan fingerprint density at radius 3 is 2.48 bits per heavy atom. The molecule has 2 aliphatic heterocycles. The molecule has 4 aliphatic rings. The topological polar surface area (TPSA) is 183 Å². The fourth-order valence-electron chi connectivity index (χ4n) is 6.78. The highest BCUT2D eigenvalue weighted by atomic mass is 32.2. The number of hydrogen-bond acceptors (Lipinski definition) is 9. The van der Waals surface area contributed by atoms with E-state index in [1.807, 2.05) is 0 Å². The van der Waals surface area contributed by atoms with Gasteiger partial charge in [0.15, 0.2) is 0 Å². The second-order valence-electron chi connectivity index (χ2n) is 12.8. The van der Waals surface area contributed by atoms with Gasteiger partial charge in [-0.2, -0.15) is 0 Å². The lowest BCUT2D eigenvalue weighted by molar-refractivity contribution is -0.141. The number of nitrogens with zero attached hydrogens (tertiary/aromatic N) is 1. The summed E-state index contributed by atoms with van der Waals surface area (Å²) in [6.45, 7) is 4.11. The fraction of sp³-hybridized carbons (Fsp3) is 0.625. The predicted octanol–water partition coefficient (Wildman–Crippen LogP) is 2.32. The first-order chi connectivity index (χ1) is 22.0. The van der Waals surface area contributed by atoms with Crippen LogP contribution in [0.5, 0.6) is 0 Å². The molecule has 5 N–H and O–H groups in total. The molecule has 0 radical (unpaired) electrons. The minimum absolute atomic E-state index is 0.0788. The summed E-state index contributed by atoms with van der Waals surface area (Å²) in [5, 5.41) is 19.1. The number of hydrogen-bond donors (Lipinski definition) is 5. The molecule has 5 atom stereocenters. The van der Waals surface area contributed by atoms with Gasteiger partial charge < -0.3 is 30.7 Å². The van der Waals surface area contributed by atoms with Crippen LogP contribution >= 0.6 is 0 Å². The predicted molar refractivity (Wildman–Crippen MR) is 169 cm³/mol. The molecule has 5 rings (SSSR count). The van der Waals surface area contributed by atoms with Crippen LogP contribution in [-0.4, -0.2) is 85.2 Å². The Morgan fingerprint density at radius 2 is 1.74 bits per heavy atom. The third-order valence-electron chi connectivity index (χ3n) is 9.47. The average molecular weight is 660 g/mol. The van der Waals surface area contributed by atoms with Gasteiger partial charge in [0.25, 0.3) is 15.9 Å². The molecule has 0 aromatic heterocycles. The lowest BCUT2D eigenvalue weighted by Crippen LogP contribution is -2.58. The molecule has 13 nitrogen and oxygen atoms in total. The van der Waals surface area contributed by atoms with Crippen LogP contribution < -0.4 is 20.7 Å². The van der Waals surface area contributed by atoms with Crippen LogP contribution in [0.1, 0.15) is 77.0 Å². The van der Waals surface area contributed by atoms with E-state index in [-0.39, 0.29) is 30.4 Å². The number of carbonyl (C=O) groups excluding carboxylic acids is 4. The maximum Gasteiger partial charge on any atom is 0.408 e. The van der Waals surface area contributed by atoms with Gasteiger partial charge in [0, 0.05) is 25.4 Å². The highest BCUT2D eigenvalue weighted by Gasteiger charge is 2.61. The molecule has 2 saturated carbocycles. The summed E-state index contributed by atoms with van der Waals surface area (Å²) in [5.41, 5.74) is -1.24. The van der Waals surface area contributed by atoms with Crippen molar-refractivity contribution in [1.29, 1.82) is 0 Å². The zero-order valence-corrected chi connectivity index (χ0v) is 26.9. The monoisotopic (exact) mass is 659 g/mol. The normalized spacial score (nSPS) is 31.1. The van der Waals surface area contributed by atoms with Gasteiger partial charge >= 0.3 is 6.09 Å². The van der Waals surface area contributed by atoms with Crippen molar-refractivity contribution < 1.29 is 37.4 Å². The average Bonchev–Trinajstić information content (AvgIpc) is 3.28. The van der Waals surface area contributed by atoms with Crippen molar-refractivity contribution in [3.05, 3.63) is 36.9 Å². The van der Waals surface area contributed by atoms with Gasteiger partial charge in [-0.05, 0) is 57.1 Å². The minimum Gasteiger partial charge on any atom is -0.446 e. The van der Waals surface area contributed by atoms with Crippen molar-refractivity contribution >= 4 is 39.5 Å². The number of alkyl carbamates (subject to hydrolysis) is 1. The maximum absolute atomic E-state index is 13.9. The number of para-hydroxylation sites is 1. The molecule has 14 heteroatoms. The molecule has 4 amide bonds. The SMILES string of the molecule is C=C[C@@H]1C[C@@]12NC(=O)[C@@H]1C[C@@H](O)CN1C(=O)[C@@H](NC(=O)OC1CCCC1)CCCCCCCNc1ccccc1S(=O)(=O)NC2=O. The van der Waals surface area contributed by atoms with Gasteiger partial charge in [-0.3, -0.25) is 14.4 Å². The first-order valence-corrected chi connectivity index (χ1v) is 17.8. The minimum atomic E-state index is -4.33. The van der Waals surface area contributed by atoms with Gasteiger partial charge in [-0.25, -0.2) is 17.9 Å². The van der Waals surface area contributed by atoms with Crippen LogP contribution in [0.3, 0.4) is 0 Å². The Balaban J connectivity index is 1.39. The molecular weight excluding hydrogens is 614 g/mol. The molecule has 46 heavy (non-hydrogen) atoms. The molecule has 1 spiro atoms. The van der Waals surface area contributed by atoms with Crippen molar-refractivity contribution in [2.45, 2.75) is 112 Å². The van der Waals surface area contributed by atoms with Gasteiger partial charge in [0.05, 0.1) is 11.8 Å². The van der Waals surface area contributed by atoms with Crippen molar-refractivity contribution in [2.75, 3.05) is 18.4 Å². The van der Waals surface area contributed by atoms with Crippen LogP contribution in [0.25, 0.3) is 0 Å². The number of aliphatic hydroxyl groups excluding tert-OH is 1. The van der Waals surface area contributed by atoms with Gasteiger partial charge in [0.2, 0.25) is 11.8 Å². The van der Waals surface area contributed by atoms with E-state index in [0.29, 0.717) is 25.1 Å². The van der Waals surface area contributed by atoms with Crippen molar-refractivity contribution in [3.63, 3.8) is 0 Å². The Kier molecular flexibility index (Phi) is 10.6. The summed E-state index contributed by atoms with van der Waals surface area (Å²) in [6, 6.07) is 4.20. The van der Waals surface area contributed by atoms with Crippen molar-refractivity contribution in [1.82, 2.24) is 20.3 Å². The Labute approximate surface area is 269 Å². The van der Waals surface area contributed by atoms with Gasteiger partial charge in [-0.15, -0.1) is 6.58 Å². The Hall–Kier alpha value is -3.65. The smallest absolute Gasteiger partial charge is 0.408 e. The number of nitrogens with one attached hydrogen (secondary N) is 4. The van der Waals surface area contributed by atoms with Crippen LogP contribution in [0.2, 0.25) is 0 Å². The summed E-state index contributed by atoms with van der Waals surface area (Å²) >= 11 is 0. The first-order valence-electron chi connectivity index (χ1n) is 16.3. The first kappa shape index (κ1) is 33.7. The van der Waals surface area contributed by atoms with E-state index in [1.165, 1.54) is 17.0 Å². The molecule has 0 unspecified atom stereocenters. The number of ether oxygens (including phenoxy) is 1. The van der Waals surface area contributed by atoms with Crippen LogP contribution in [0.15, 0.2) is 41.8 Å². The number of rotatable bonds is 3. The fourth-order valence-corrected chi connectivity index (χ4v) is 8.00. The zero-order valence-electron chi connectivity index (χ0n) is 26.0. The molecular formula is C32H45N5O8S. The summed E-state index contributed by atoms with van der Waals surface area (Å²) < 4.78 is 34.6. The van der Waals surface area contributed by atoms with Crippen molar-refractivity contribution in [2.24, 2.45) is 5.92 Å². The molecule has 3 fully saturated rings. The summed E-state index contributed by atoms with van der Waals surface area (Å²) in [4.78, 5) is 55.2. The van der Waals surface area contributed by atoms with Gasteiger partial charge in [0.1, 0.15) is 28.6 Å². The van der Waals surface area contributed by atoms with Crippen LogP contribution in [0, 0.1) is 5.92 Å². The molecule has 1 aromatic rings. The molecule has 2 aliphatic carbocycles. The lowest BCUT2D eigenvalue weighted by atomic mass is 10.0. The van der Waals surface area contributed by atoms with E-state index in [1.54, 1.807) is 18.2 Å². The number of amides is 4. The van der Waals surface area contributed by atoms with E-state index in [9.17, 15) is 32.7 Å². The molecule has 1 aromatic carbocycles. The highest BCUT2D eigenvalue weighted by molar-refractivity contribution is 7.90. The summed E-state index contributed by atoms with van der Waals surface area (Å²) in [5.74, 6) is -2.69.